The number of halogens is 8. The van der Waals surface area contributed by atoms with Gasteiger partial charge in [0.2, 0.25) is 0 Å². The van der Waals surface area contributed by atoms with Gasteiger partial charge in [0, 0.05) is 11.1 Å². The second-order valence-electron chi connectivity index (χ2n) is 16.7. The first-order valence-corrected chi connectivity index (χ1v) is 20.7. The van der Waals surface area contributed by atoms with Gasteiger partial charge in [-0.25, -0.2) is 35.1 Å². The van der Waals surface area contributed by atoms with Crippen LogP contribution >= 0.6 is 0 Å². The maximum absolute atomic E-state index is 14.3. The van der Waals surface area contributed by atoms with Crippen molar-refractivity contribution in [1.82, 2.24) is 0 Å². The summed E-state index contributed by atoms with van der Waals surface area (Å²) < 4.78 is 108. The lowest BCUT2D eigenvalue weighted by Crippen LogP contribution is -2.24. The van der Waals surface area contributed by atoms with Gasteiger partial charge in [-0.3, -0.25) is 0 Å². The molecular formula is C52H50F8. The van der Waals surface area contributed by atoms with E-state index in [1.54, 1.807) is 37.8 Å². The van der Waals surface area contributed by atoms with Crippen LogP contribution in [0.3, 0.4) is 0 Å². The fraction of sp³-hybridized carbons (Fsp3) is 0.308. The molecule has 0 radical (unpaired) electrons. The molecule has 0 heterocycles. The van der Waals surface area contributed by atoms with Crippen molar-refractivity contribution in [1.29, 1.82) is 0 Å². The third kappa shape index (κ3) is 11.1. The van der Waals surface area contributed by atoms with Crippen LogP contribution in [-0.4, -0.2) is 0 Å². The van der Waals surface area contributed by atoms with Gasteiger partial charge in [-0.15, -0.1) is 0 Å². The summed E-state index contributed by atoms with van der Waals surface area (Å²) >= 11 is 0. The highest BCUT2D eigenvalue weighted by Crippen LogP contribution is 2.41. The van der Waals surface area contributed by atoms with Crippen LogP contribution in [0.1, 0.15) is 76.3 Å². The Morgan fingerprint density at radius 1 is 0.317 bits per heavy atom. The molecule has 6 aromatic rings. The monoisotopic (exact) mass is 826 g/mol. The first kappa shape index (κ1) is 44.3. The Morgan fingerprint density at radius 2 is 0.583 bits per heavy atom. The second kappa shape index (κ2) is 19.9. The third-order valence-corrected chi connectivity index (χ3v) is 12.1. The van der Waals surface area contributed by atoms with Gasteiger partial charge in [0.15, 0.2) is 34.9 Å². The van der Waals surface area contributed by atoms with E-state index in [-0.39, 0.29) is 22.3 Å². The molecule has 2 aliphatic rings. The average molecular weight is 827 g/mol. The molecule has 0 nitrogen and oxygen atoms in total. The van der Waals surface area contributed by atoms with Crippen LogP contribution in [0.15, 0.2) is 109 Å². The molecule has 0 unspecified atom stereocenters. The van der Waals surface area contributed by atoms with Crippen LogP contribution in [0.4, 0.5) is 35.1 Å². The zero-order valence-electron chi connectivity index (χ0n) is 34.4. The Kier molecular flexibility index (Phi) is 14.7. The van der Waals surface area contributed by atoms with Gasteiger partial charge in [0.1, 0.15) is 11.6 Å². The minimum atomic E-state index is -1.56. The molecule has 0 aliphatic heterocycles. The zero-order valence-corrected chi connectivity index (χ0v) is 34.4. The molecule has 2 saturated carbocycles. The lowest BCUT2D eigenvalue weighted by molar-refractivity contribution is 0.155. The third-order valence-electron chi connectivity index (χ3n) is 12.1. The van der Waals surface area contributed by atoms with E-state index in [1.165, 1.54) is 49.9 Å². The van der Waals surface area contributed by atoms with Gasteiger partial charge in [-0.05, 0) is 133 Å². The maximum atomic E-state index is 14.3. The minimum absolute atomic E-state index is 0.0126. The van der Waals surface area contributed by atoms with E-state index in [0.717, 1.165) is 70.2 Å². The van der Waals surface area contributed by atoms with E-state index in [9.17, 15) is 35.1 Å². The van der Waals surface area contributed by atoms with Gasteiger partial charge < -0.3 is 0 Å². The molecule has 0 N–H and O–H groups in total. The molecule has 60 heavy (non-hydrogen) atoms. The Hall–Kier alpha value is -5.24. The fourth-order valence-corrected chi connectivity index (χ4v) is 8.29. The highest BCUT2D eigenvalue weighted by Gasteiger charge is 2.28. The summed E-state index contributed by atoms with van der Waals surface area (Å²) in [5.41, 5.74) is 5.06. The molecule has 314 valence electrons. The van der Waals surface area contributed by atoms with Gasteiger partial charge in [-0.1, -0.05) is 123 Å². The predicted octanol–water partition coefficient (Wildman–Crippen LogP) is 16.4. The van der Waals surface area contributed by atoms with Crippen LogP contribution < -0.4 is 0 Å². The summed E-state index contributed by atoms with van der Waals surface area (Å²) in [6, 6.07) is 26.9. The molecule has 6 aromatic carbocycles. The SMILES string of the molecule is CC1CCC(C2CCC(C)CC2)CC1.Cc1ccc(-c2ccc(-c3cc(F)c(F)c(F)c3)c(F)c2)cc1.Cc1ccc(-c2ccc(-c3cc(F)c(F)c(F)c3)c(F)c2)cc1. The highest BCUT2D eigenvalue weighted by molar-refractivity contribution is 5.72. The molecular weight excluding hydrogens is 777 g/mol. The molecule has 0 amide bonds. The van der Waals surface area contributed by atoms with Crippen LogP contribution in [0.2, 0.25) is 0 Å². The van der Waals surface area contributed by atoms with E-state index in [2.05, 4.69) is 13.8 Å². The van der Waals surface area contributed by atoms with Crippen molar-refractivity contribution in [3.63, 3.8) is 0 Å². The number of hydrogen-bond acceptors (Lipinski definition) is 0. The smallest absolute Gasteiger partial charge is 0.194 e. The van der Waals surface area contributed by atoms with Gasteiger partial charge >= 0.3 is 0 Å². The standard InChI is InChI=1S/2C19H12F4.C14H26/c2*1-11-2-4-12(5-3-11)13-6-7-15(16(20)8-13)14-9-17(21)19(23)18(22)10-14;1-11-3-7-13(8-4-11)14-9-5-12(2)6-10-14/h2*2-10H,1H3;11-14H,3-10H2,1-2H3. The number of rotatable bonds is 5. The largest absolute Gasteiger partial charge is 0.206 e. The second-order valence-corrected chi connectivity index (χ2v) is 16.7. The molecule has 0 spiro atoms. The summed E-state index contributed by atoms with van der Waals surface area (Å²) in [6.07, 6.45) is 12.2. The van der Waals surface area contributed by atoms with Gasteiger partial charge in [0.05, 0.1) is 0 Å². The molecule has 0 saturated heterocycles. The van der Waals surface area contributed by atoms with Crippen molar-refractivity contribution in [2.75, 3.05) is 0 Å². The Morgan fingerprint density at radius 3 is 0.867 bits per heavy atom. The minimum Gasteiger partial charge on any atom is -0.206 e. The number of aryl methyl sites for hydroxylation is 2. The van der Waals surface area contributed by atoms with Crippen molar-refractivity contribution in [3.8, 4) is 44.5 Å². The first-order valence-electron chi connectivity index (χ1n) is 20.7. The molecule has 2 aliphatic carbocycles. The summed E-state index contributed by atoms with van der Waals surface area (Å²) in [6.45, 7) is 8.76. The molecule has 0 aromatic heterocycles. The predicted molar refractivity (Wildman–Crippen MR) is 226 cm³/mol. The van der Waals surface area contributed by atoms with E-state index in [1.807, 2.05) is 62.4 Å². The van der Waals surface area contributed by atoms with Crippen LogP contribution in [0, 0.1) is 84.1 Å². The molecule has 2 fully saturated rings. The quantitative estimate of drug-likeness (QED) is 0.120. The molecule has 8 rings (SSSR count). The Balaban J connectivity index is 0.000000156. The van der Waals surface area contributed by atoms with Crippen molar-refractivity contribution >= 4 is 0 Å². The zero-order chi connectivity index (χ0) is 43.1. The number of benzene rings is 6. The molecule has 0 atom stereocenters. The van der Waals surface area contributed by atoms with Crippen molar-refractivity contribution in [2.24, 2.45) is 23.7 Å². The molecule has 0 bridgehead atoms. The summed E-state index contributed by atoms with van der Waals surface area (Å²) in [5, 5.41) is 0. The summed E-state index contributed by atoms with van der Waals surface area (Å²) in [7, 11) is 0. The van der Waals surface area contributed by atoms with E-state index in [4.69, 9.17) is 0 Å². The average Bonchev–Trinajstić information content (AvgIpc) is 3.23. The Bertz CT molecular complexity index is 2150. The van der Waals surface area contributed by atoms with Crippen LogP contribution in [0.25, 0.3) is 44.5 Å². The lowest BCUT2D eigenvalue weighted by atomic mass is 9.70. The van der Waals surface area contributed by atoms with Gasteiger partial charge in [-0.2, -0.15) is 0 Å². The van der Waals surface area contributed by atoms with E-state index >= 15 is 0 Å². The number of hydrogen-bond donors (Lipinski definition) is 0. The van der Waals surface area contributed by atoms with E-state index in [0.29, 0.717) is 11.1 Å². The van der Waals surface area contributed by atoms with Gasteiger partial charge in [0.25, 0.3) is 0 Å². The van der Waals surface area contributed by atoms with Crippen molar-refractivity contribution < 1.29 is 35.1 Å². The lowest BCUT2D eigenvalue weighted by Gasteiger charge is -2.36. The van der Waals surface area contributed by atoms with Crippen molar-refractivity contribution in [2.45, 2.75) is 79.1 Å². The molecule has 8 heteroatoms. The first-order chi connectivity index (χ1) is 28.7. The Labute approximate surface area is 348 Å². The van der Waals surface area contributed by atoms with Crippen LogP contribution in [-0.2, 0) is 0 Å². The highest BCUT2D eigenvalue weighted by atomic mass is 19.2. The van der Waals surface area contributed by atoms with E-state index < -0.39 is 46.5 Å². The van der Waals surface area contributed by atoms with Crippen LogP contribution in [0.5, 0.6) is 0 Å². The van der Waals surface area contributed by atoms with Crippen molar-refractivity contribution in [3.05, 3.63) is 167 Å². The summed E-state index contributed by atoms with van der Waals surface area (Å²) in [4.78, 5) is 0. The summed E-state index contributed by atoms with van der Waals surface area (Å²) in [5.74, 6) is -5.51. The normalized spacial score (nSPS) is 18.8. The maximum Gasteiger partial charge on any atom is 0.194 e. The fourth-order valence-electron chi connectivity index (χ4n) is 8.29. The topological polar surface area (TPSA) is 0 Å².